The van der Waals surface area contributed by atoms with Gasteiger partial charge < -0.3 is 5.11 Å². The van der Waals surface area contributed by atoms with E-state index < -0.39 is 9.84 Å². The molecule has 0 amide bonds. The van der Waals surface area contributed by atoms with E-state index in [1.54, 1.807) is 6.92 Å². The van der Waals surface area contributed by atoms with Crippen LogP contribution in [0.1, 0.15) is 117 Å². The minimum atomic E-state index is -3.10. The Morgan fingerprint density at radius 1 is 0.731 bits per heavy atom. The predicted octanol–water partition coefficient (Wildman–Crippen LogP) is 6.56. The van der Waals surface area contributed by atoms with Gasteiger partial charge in [0.2, 0.25) is 0 Å². The van der Waals surface area contributed by atoms with Crippen molar-refractivity contribution in [1.82, 2.24) is 0 Å². The summed E-state index contributed by atoms with van der Waals surface area (Å²) in [7, 11) is -3.10. The normalized spacial score (nSPS) is 12.7. The maximum Gasteiger partial charge on any atom is 0.173 e. The monoisotopic (exact) mass is 388 g/mol. The summed E-state index contributed by atoms with van der Waals surface area (Å²) in [5.41, 5.74) is 0. The molecule has 0 aromatic heterocycles. The van der Waals surface area contributed by atoms with E-state index in [9.17, 15) is 8.42 Å². The second kappa shape index (κ2) is 18.0. The fourth-order valence-electron chi connectivity index (χ4n) is 3.16. The number of hydrogen-bond acceptors (Lipinski definition) is 3. The summed E-state index contributed by atoms with van der Waals surface area (Å²) < 4.78 is 24.0. The Bertz CT molecular complexity index is 427. The zero-order chi connectivity index (χ0) is 19.5. The van der Waals surface area contributed by atoms with E-state index >= 15 is 0 Å². The first-order valence-corrected chi connectivity index (χ1v) is 12.7. The van der Waals surface area contributed by atoms with Crippen molar-refractivity contribution in [2.75, 3.05) is 12.4 Å². The molecule has 1 N–H and O–H groups in total. The molecule has 0 aliphatic heterocycles. The van der Waals surface area contributed by atoms with Crippen LogP contribution in [0.25, 0.3) is 0 Å². The van der Waals surface area contributed by atoms with Crippen molar-refractivity contribution in [3.05, 3.63) is 11.0 Å². The molecule has 0 saturated heterocycles. The van der Waals surface area contributed by atoms with Crippen LogP contribution in [0.4, 0.5) is 0 Å². The number of hydrogen-bond donors (Lipinski definition) is 1. The van der Waals surface area contributed by atoms with E-state index in [2.05, 4.69) is 6.92 Å². The van der Waals surface area contributed by atoms with Crippen LogP contribution in [0.2, 0.25) is 0 Å². The number of allylic oxidation sites excluding steroid dienone is 2. The van der Waals surface area contributed by atoms with Crippen LogP contribution in [0, 0.1) is 0 Å². The Hall–Kier alpha value is -0.350. The molecule has 0 fully saturated rings. The van der Waals surface area contributed by atoms with Gasteiger partial charge in [0.25, 0.3) is 0 Å². The molecule has 3 nitrogen and oxygen atoms in total. The summed E-state index contributed by atoms with van der Waals surface area (Å²) in [5, 5.41) is 8.74. The lowest BCUT2D eigenvalue weighted by molar-refractivity contribution is 0.287. The Balaban J connectivity index is 3.49. The lowest BCUT2D eigenvalue weighted by Gasteiger charge is -2.05. The first-order chi connectivity index (χ1) is 12.5. The number of rotatable bonds is 19. The van der Waals surface area contributed by atoms with Gasteiger partial charge in [-0.2, -0.15) is 0 Å². The molecule has 4 heteroatoms. The highest BCUT2D eigenvalue weighted by Gasteiger charge is 2.12. The van der Waals surface area contributed by atoms with Crippen molar-refractivity contribution in [3.63, 3.8) is 0 Å². The van der Waals surface area contributed by atoms with E-state index in [0.29, 0.717) is 17.7 Å². The summed E-state index contributed by atoms with van der Waals surface area (Å²) in [6.45, 7) is 4.04. The molecule has 0 heterocycles. The number of sulfone groups is 1. The molecular weight excluding hydrogens is 344 g/mol. The third-order valence-corrected chi connectivity index (χ3v) is 7.03. The van der Waals surface area contributed by atoms with Gasteiger partial charge in [0.05, 0.1) is 5.75 Å². The van der Waals surface area contributed by atoms with Crippen molar-refractivity contribution in [3.8, 4) is 0 Å². The van der Waals surface area contributed by atoms with Gasteiger partial charge in [-0.05, 0) is 32.6 Å². The Morgan fingerprint density at radius 2 is 1.19 bits per heavy atom. The highest BCUT2D eigenvalue weighted by molar-refractivity contribution is 7.95. The standard InChI is InChI=1S/C22H44O3S/c1-3-4-5-6-7-8-9-10-11-12-13-14-15-16-19-22(2)26(24,25)21-18-17-20-23/h19,23H,3-18,20-21H2,1-2H3. The van der Waals surface area contributed by atoms with Gasteiger partial charge in [0, 0.05) is 11.5 Å². The minimum absolute atomic E-state index is 0.0667. The molecular formula is C22H44O3S. The van der Waals surface area contributed by atoms with Crippen molar-refractivity contribution in [1.29, 1.82) is 0 Å². The van der Waals surface area contributed by atoms with Crippen molar-refractivity contribution in [2.24, 2.45) is 0 Å². The quantitative estimate of drug-likeness (QED) is 0.255. The second-order valence-electron chi connectivity index (χ2n) is 7.60. The summed E-state index contributed by atoms with van der Waals surface area (Å²) in [6.07, 6.45) is 21.2. The number of aliphatic hydroxyl groups excluding tert-OH is 1. The Morgan fingerprint density at radius 3 is 1.65 bits per heavy atom. The van der Waals surface area contributed by atoms with Crippen LogP contribution < -0.4 is 0 Å². The Kier molecular flexibility index (Phi) is 17.8. The zero-order valence-corrected chi connectivity index (χ0v) is 18.3. The maximum absolute atomic E-state index is 12.0. The van der Waals surface area contributed by atoms with Crippen molar-refractivity contribution < 1.29 is 13.5 Å². The van der Waals surface area contributed by atoms with Crippen LogP contribution in [0.3, 0.4) is 0 Å². The van der Waals surface area contributed by atoms with Crippen LogP contribution in [0.15, 0.2) is 11.0 Å². The van der Waals surface area contributed by atoms with E-state index in [1.807, 2.05) is 6.08 Å². The topological polar surface area (TPSA) is 54.4 Å². The van der Waals surface area contributed by atoms with E-state index in [0.717, 1.165) is 12.8 Å². The average Bonchev–Trinajstić information content (AvgIpc) is 2.62. The molecule has 0 saturated carbocycles. The highest BCUT2D eigenvalue weighted by Crippen LogP contribution is 2.15. The maximum atomic E-state index is 12.0. The smallest absolute Gasteiger partial charge is 0.173 e. The van der Waals surface area contributed by atoms with Crippen molar-refractivity contribution in [2.45, 2.75) is 117 Å². The lowest BCUT2D eigenvalue weighted by atomic mass is 10.0. The third kappa shape index (κ3) is 15.9. The number of aliphatic hydroxyl groups is 1. The SMILES string of the molecule is CCCCCCCCCCCCCCCC=C(C)S(=O)(=O)CCCCO. The van der Waals surface area contributed by atoms with Gasteiger partial charge in [0.15, 0.2) is 9.84 Å². The predicted molar refractivity (Wildman–Crippen MR) is 114 cm³/mol. The molecule has 0 rings (SSSR count). The molecule has 156 valence electrons. The average molecular weight is 389 g/mol. The van der Waals surface area contributed by atoms with Crippen LogP contribution in [-0.4, -0.2) is 25.9 Å². The molecule has 0 atom stereocenters. The Labute approximate surface area is 163 Å². The summed E-state index contributed by atoms with van der Waals surface area (Å²) in [5.74, 6) is 0.161. The molecule has 0 bridgehead atoms. The second-order valence-corrected chi connectivity index (χ2v) is 9.88. The molecule has 0 radical (unpaired) electrons. The van der Waals surface area contributed by atoms with Crippen LogP contribution >= 0.6 is 0 Å². The first kappa shape index (κ1) is 25.6. The summed E-state index contributed by atoms with van der Waals surface area (Å²) in [6, 6.07) is 0. The van der Waals surface area contributed by atoms with E-state index in [1.165, 1.54) is 77.0 Å². The fraction of sp³-hybridized carbons (Fsp3) is 0.909. The molecule has 0 aliphatic carbocycles. The van der Waals surface area contributed by atoms with E-state index in [4.69, 9.17) is 5.11 Å². The van der Waals surface area contributed by atoms with Gasteiger partial charge >= 0.3 is 0 Å². The summed E-state index contributed by atoms with van der Waals surface area (Å²) >= 11 is 0. The van der Waals surface area contributed by atoms with E-state index in [-0.39, 0.29) is 12.4 Å². The largest absolute Gasteiger partial charge is 0.396 e. The molecule has 0 aromatic carbocycles. The van der Waals surface area contributed by atoms with Crippen LogP contribution in [-0.2, 0) is 9.84 Å². The number of unbranched alkanes of at least 4 members (excludes halogenated alkanes) is 14. The lowest BCUT2D eigenvalue weighted by Crippen LogP contribution is -2.07. The molecule has 0 aliphatic rings. The molecule has 0 spiro atoms. The molecule has 26 heavy (non-hydrogen) atoms. The van der Waals surface area contributed by atoms with Gasteiger partial charge in [-0.1, -0.05) is 90.0 Å². The third-order valence-electron chi connectivity index (χ3n) is 5.05. The highest BCUT2D eigenvalue weighted by atomic mass is 32.2. The fourth-order valence-corrected chi connectivity index (χ4v) is 4.44. The van der Waals surface area contributed by atoms with Gasteiger partial charge in [-0.25, -0.2) is 8.42 Å². The molecule has 0 aromatic rings. The van der Waals surface area contributed by atoms with Gasteiger partial charge in [-0.15, -0.1) is 0 Å². The zero-order valence-electron chi connectivity index (χ0n) is 17.5. The van der Waals surface area contributed by atoms with Crippen LogP contribution in [0.5, 0.6) is 0 Å². The molecule has 0 unspecified atom stereocenters. The van der Waals surface area contributed by atoms with Gasteiger partial charge in [-0.3, -0.25) is 0 Å². The minimum Gasteiger partial charge on any atom is -0.396 e. The van der Waals surface area contributed by atoms with Gasteiger partial charge in [0.1, 0.15) is 0 Å². The summed E-state index contributed by atoms with van der Waals surface area (Å²) in [4.78, 5) is 0.509. The van der Waals surface area contributed by atoms with Crippen molar-refractivity contribution >= 4 is 9.84 Å². The first-order valence-electron chi connectivity index (χ1n) is 11.0.